The summed E-state index contributed by atoms with van der Waals surface area (Å²) in [6.45, 7) is 6.20. The maximum Gasteiger partial charge on any atom is 0.118 e. The summed E-state index contributed by atoms with van der Waals surface area (Å²) in [5, 5.41) is 11.8. The smallest absolute Gasteiger partial charge is 0.118 e. The van der Waals surface area contributed by atoms with Gasteiger partial charge in [0.2, 0.25) is 0 Å². The first-order valence-electron chi connectivity index (χ1n) is 9.39. The van der Waals surface area contributed by atoms with Gasteiger partial charge in [0.15, 0.2) is 0 Å². The molecule has 1 N–H and O–H groups in total. The van der Waals surface area contributed by atoms with E-state index in [1.807, 2.05) is 42.5 Å². The van der Waals surface area contributed by atoms with E-state index in [9.17, 15) is 5.11 Å². The minimum Gasteiger partial charge on any atom is -0.497 e. The number of rotatable bonds is 7. The Morgan fingerprint density at radius 2 is 1.73 bits per heavy atom. The highest BCUT2D eigenvalue weighted by Gasteiger charge is 2.39. The predicted octanol–water partition coefficient (Wildman–Crippen LogP) is 3.41. The van der Waals surface area contributed by atoms with Crippen LogP contribution in [-0.4, -0.2) is 50.0 Å². The first-order chi connectivity index (χ1) is 12.7. The number of aliphatic hydroxyl groups is 1. The lowest BCUT2D eigenvalue weighted by Crippen LogP contribution is -2.44. The van der Waals surface area contributed by atoms with Crippen LogP contribution in [0.4, 0.5) is 0 Å². The van der Waals surface area contributed by atoms with Crippen LogP contribution in [0.3, 0.4) is 0 Å². The van der Waals surface area contributed by atoms with Gasteiger partial charge in [-0.3, -0.25) is 4.90 Å². The number of morpholine rings is 1. The molecule has 0 amide bonds. The minimum atomic E-state index is -0.939. The zero-order chi connectivity index (χ0) is 18.4. The lowest BCUT2D eigenvalue weighted by molar-refractivity contribution is -0.0250. The molecular weight excluding hydrogens is 326 g/mol. The van der Waals surface area contributed by atoms with Crippen LogP contribution in [0.15, 0.2) is 54.6 Å². The molecule has 0 radical (unpaired) electrons. The maximum atomic E-state index is 11.8. The molecule has 4 heteroatoms. The van der Waals surface area contributed by atoms with Crippen molar-refractivity contribution in [1.29, 1.82) is 0 Å². The van der Waals surface area contributed by atoms with Gasteiger partial charge in [-0.2, -0.15) is 0 Å². The number of methoxy groups -OCH3 is 1. The van der Waals surface area contributed by atoms with E-state index in [2.05, 4.69) is 24.0 Å². The Kier molecular flexibility index (Phi) is 6.30. The molecule has 1 heterocycles. The van der Waals surface area contributed by atoms with Crippen LogP contribution in [0.5, 0.6) is 5.75 Å². The van der Waals surface area contributed by atoms with Crippen molar-refractivity contribution in [1.82, 2.24) is 4.90 Å². The molecule has 0 aromatic heterocycles. The summed E-state index contributed by atoms with van der Waals surface area (Å²) in [6, 6.07) is 18.2. The number of benzene rings is 2. The van der Waals surface area contributed by atoms with Crippen LogP contribution in [0.1, 0.15) is 30.4 Å². The summed E-state index contributed by atoms with van der Waals surface area (Å²) in [4.78, 5) is 2.39. The van der Waals surface area contributed by atoms with E-state index in [4.69, 9.17) is 9.47 Å². The van der Waals surface area contributed by atoms with Gasteiger partial charge in [0.25, 0.3) is 0 Å². The van der Waals surface area contributed by atoms with Gasteiger partial charge in [-0.25, -0.2) is 0 Å². The lowest BCUT2D eigenvalue weighted by atomic mass is 9.75. The third-order valence-corrected chi connectivity index (χ3v) is 5.45. The monoisotopic (exact) mass is 355 g/mol. The summed E-state index contributed by atoms with van der Waals surface area (Å²) in [7, 11) is 1.66. The van der Waals surface area contributed by atoms with Crippen LogP contribution in [0, 0.1) is 0 Å². The minimum absolute atomic E-state index is 0.0137. The van der Waals surface area contributed by atoms with E-state index in [-0.39, 0.29) is 5.92 Å². The van der Waals surface area contributed by atoms with Gasteiger partial charge in [-0.05, 0) is 29.7 Å². The molecule has 1 aliphatic rings. The SMILES string of the molecule is CC[C@@](O)(c1ccc(OC)cc1)[C@H](CN1CCOCC1)c1ccccc1. The second kappa shape index (κ2) is 8.67. The van der Waals surface area contributed by atoms with Crippen molar-refractivity contribution in [3.63, 3.8) is 0 Å². The Hall–Kier alpha value is -1.88. The highest BCUT2D eigenvalue weighted by molar-refractivity contribution is 5.35. The van der Waals surface area contributed by atoms with Gasteiger partial charge in [-0.1, -0.05) is 49.4 Å². The Bertz CT molecular complexity index is 668. The van der Waals surface area contributed by atoms with Gasteiger partial charge < -0.3 is 14.6 Å². The van der Waals surface area contributed by atoms with Gasteiger partial charge in [0.05, 0.1) is 25.9 Å². The Labute approximate surface area is 156 Å². The van der Waals surface area contributed by atoms with Crippen LogP contribution in [0.25, 0.3) is 0 Å². The van der Waals surface area contributed by atoms with E-state index in [1.54, 1.807) is 7.11 Å². The summed E-state index contributed by atoms with van der Waals surface area (Å²) < 4.78 is 10.8. The first-order valence-corrected chi connectivity index (χ1v) is 9.39. The number of hydrogen-bond donors (Lipinski definition) is 1. The zero-order valence-corrected chi connectivity index (χ0v) is 15.7. The topological polar surface area (TPSA) is 41.9 Å². The van der Waals surface area contributed by atoms with E-state index in [0.29, 0.717) is 6.42 Å². The average molecular weight is 355 g/mol. The summed E-state index contributed by atoms with van der Waals surface area (Å²) in [6.07, 6.45) is 0.642. The molecule has 140 valence electrons. The van der Waals surface area contributed by atoms with E-state index in [1.165, 1.54) is 5.56 Å². The van der Waals surface area contributed by atoms with Crippen LogP contribution < -0.4 is 4.74 Å². The largest absolute Gasteiger partial charge is 0.497 e. The molecule has 26 heavy (non-hydrogen) atoms. The van der Waals surface area contributed by atoms with Crippen molar-refractivity contribution in [2.24, 2.45) is 0 Å². The molecule has 0 bridgehead atoms. The molecule has 0 saturated carbocycles. The molecule has 0 aliphatic carbocycles. The Morgan fingerprint density at radius 1 is 1.08 bits per heavy atom. The molecule has 2 atom stereocenters. The number of hydrogen-bond acceptors (Lipinski definition) is 4. The van der Waals surface area contributed by atoms with Gasteiger partial charge in [0.1, 0.15) is 5.75 Å². The molecule has 4 nitrogen and oxygen atoms in total. The predicted molar refractivity (Wildman–Crippen MR) is 104 cm³/mol. The average Bonchev–Trinajstić information content (AvgIpc) is 2.73. The molecule has 2 aromatic rings. The second-order valence-electron chi connectivity index (χ2n) is 6.88. The highest BCUT2D eigenvalue weighted by atomic mass is 16.5. The van der Waals surface area contributed by atoms with Crippen molar-refractivity contribution < 1.29 is 14.6 Å². The lowest BCUT2D eigenvalue weighted by Gasteiger charge is -2.40. The van der Waals surface area contributed by atoms with Crippen molar-refractivity contribution in [3.05, 3.63) is 65.7 Å². The molecule has 0 unspecified atom stereocenters. The third-order valence-electron chi connectivity index (χ3n) is 5.45. The van der Waals surface area contributed by atoms with Crippen LogP contribution in [0.2, 0.25) is 0 Å². The molecule has 1 fully saturated rings. The van der Waals surface area contributed by atoms with E-state index < -0.39 is 5.60 Å². The van der Waals surface area contributed by atoms with Crippen LogP contribution >= 0.6 is 0 Å². The fourth-order valence-electron chi connectivity index (χ4n) is 3.79. The van der Waals surface area contributed by atoms with Crippen molar-refractivity contribution in [2.75, 3.05) is 40.0 Å². The normalized spacial score (nSPS) is 18.9. The molecule has 1 aliphatic heterocycles. The summed E-state index contributed by atoms with van der Waals surface area (Å²) in [5.41, 5.74) is 1.16. The highest BCUT2D eigenvalue weighted by Crippen LogP contribution is 2.41. The quantitative estimate of drug-likeness (QED) is 0.826. The number of ether oxygens (including phenoxy) is 2. The Balaban J connectivity index is 1.95. The molecule has 3 rings (SSSR count). The summed E-state index contributed by atoms with van der Waals surface area (Å²) in [5.74, 6) is 0.789. The van der Waals surface area contributed by atoms with Crippen LogP contribution in [-0.2, 0) is 10.3 Å². The first kappa shape index (κ1) is 18.9. The fraction of sp³-hybridized carbons (Fsp3) is 0.455. The van der Waals surface area contributed by atoms with Gasteiger partial charge in [-0.15, -0.1) is 0 Å². The second-order valence-corrected chi connectivity index (χ2v) is 6.88. The van der Waals surface area contributed by atoms with Crippen molar-refractivity contribution >= 4 is 0 Å². The maximum absolute atomic E-state index is 11.8. The third kappa shape index (κ3) is 4.09. The zero-order valence-electron chi connectivity index (χ0n) is 15.7. The molecule has 1 saturated heterocycles. The van der Waals surface area contributed by atoms with Crippen molar-refractivity contribution in [3.8, 4) is 5.75 Å². The fourth-order valence-corrected chi connectivity index (χ4v) is 3.79. The molecular formula is C22H29NO3. The summed E-state index contributed by atoms with van der Waals surface area (Å²) >= 11 is 0. The van der Waals surface area contributed by atoms with Gasteiger partial charge in [0, 0.05) is 25.6 Å². The van der Waals surface area contributed by atoms with E-state index >= 15 is 0 Å². The molecule has 0 spiro atoms. The van der Waals surface area contributed by atoms with Crippen molar-refractivity contribution in [2.45, 2.75) is 24.9 Å². The Morgan fingerprint density at radius 3 is 2.31 bits per heavy atom. The standard InChI is InChI=1S/C22H29NO3/c1-3-22(24,19-9-11-20(25-2)12-10-19)21(18-7-5-4-6-8-18)17-23-13-15-26-16-14-23/h4-12,21,24H,3,13-17H2,1-2H3/t21-,22-/m1/s1. The molecule has 2 aromatic carbocycles. The van der Waals surface area contributed by atoms with Gasteiger partial charge >= 0.3 is 0 Å². The number of nitrogens with zero attached hydrogens (tertiary/aromatic N) is 1. The van der Waals surface area contributed by atoms with E-state index in [0.717, 1.165) is 44.2 Å².